The average Bonchev–Trinajstić information content (AvgIpc) is 3.12. The zero-order chi connectivity index (χ0) is 22.8. The van der Waals surface area contributed by atoms with Crippen LogP contribution in [0.4, 0.5) is 10.5 Å². The van der Waals surface area contributed by atoms with Crippen molar-refractivity contribution in [2.45, 2.75) is 51.8 Å². The van der Waals surface area contributed by atoms with Gasteiger partial charge in [-0.1, -0.05) is 24.3 Å². The Bertz CT molecular complexity index is 1080. The van der Waals surface area contributed by atoms with Crippen LogP contribution in [0.5, 0.6) is 0 Å². The molecule has 0 fully saturated rings. The lowest BCUT2D eigenvalue weighted by Gasteiger charge is -2.17. The van der Waals surface area contributed by atoms with Gasteiger partial charge in [0.15, 0.2) is 0 Å². The van der Waals surface area contributed by atoms with Crippen molar-refractivity contribution in [1.82, 2.24) is 14.9 Å². The molecule has 164 valence electrons. The lowest BCUT2D eigenvalue weighted by molar-refractivity contribution is -0.124. The van der Waals surface area contributed by atoms with Crippen molar-refractivity contribution in [1.29, 1.82) is 0 Å². The highest BCUT2D eigenvalue weighted by Gasteiger charge is 2.30. The van der Waals surface area contributed by atoms with Crippen molar-refractivity contribution < 1.29 is 14.3 Å². The van der Waals surface area contributed by atoms with E-state index in [1.807, 2.05) is 0 Å². The van der Waals surface area contributed by atoms with E-state index in [0.717, 1.165) is 5.56 Å². The van der Waals surface area contributed by atoms with Crippen molar-refractivity contribution in [3.8, 4) is 0 Å². The van der Waals surface area contributed by atoms with Gasteiger partial charge in [-0.2, -0.15) is 4.99 Å². The molecule has 0 aliphatic carbocycles. The number of hydrogen-bond donors (Lipinski definition) is 3. The first-order valence-corrected chi connectivity index (χ1v) is 9.85. The van der Waals surface area contributed by atoms with E-state index in [9.17, 15) is 14.4 Å². The van der Waals surface area contributed by atoms with E-state index in [4.69, 9.17) is 16.2 Å². The second-order valence-corrected chi connectivity index (χ2v) is 8.25. The van der Waals surface area contributed by atoms with Gasteiger partial charge in [-0.3, -0.25) is 14.2 Å². The maximum Gasteiger partial charge on any atom is 0.436 e. The SMILES string of the molecule is CC(C)(C)OC(=O)/N=C(\N)c1ccc(CNC(=O)C2CCc3ncc(N)c(=O)n32)cc1. The first-order chi connectivity index (χ1) is 14.5. The maximum atomic E-state index is 12.6. The molecule has 1 aliphatic heterocycles. The Hall–Kier alpha value is -3.69. The molecule has 0 radical (unpaired) electrons. The number of ether oxygens (including phenoxy) is 1. The number of carbonyl (C=O) groups excluding carboxylic acids is 2. The maximum absolute atomic E-state index is 12.6. The average molecular weight is 426 g/mol. The van der Waals surface area contributed by atoms with E-state index in [2.05, 4.69) is 15.3 Å². The molecule has 10 nitrogen and oxygen atoms in total. The van der Waals surface area contributed by atoms with Crippen LogP contribution in [0.15, 0.2) is 40.2 Å². The highest BCUT2D eigenvalue weighted by molar-refractivity contribution is 6.02. The summed E-state index contributed by atoms with van der Waals surface area (Å²) in [5.74, 6) is 0.323. The molecule has 1 atom stereocenters. The molecule has 1 aromatic heterocycles. The minimum atomic E-state index is -0.761. The monoisotopic (exact) mass is 426 g/mol. The van der Waals surface area contributed by atoms with Gasteiger partial charge >= 0.3 is 6.09 Å². The highest BCUT2D eigenvalue weighted by atomic mass is 16.6. The molecule has 0 saturated carbocycles. The van der Waals surface area contributed by atoms with Gasteiger partial charge in [-0.15, -0.1) is 0 Å². The number of amidine groups is 1. The predicted octanol–water partition coefficient (Wildman–Crippen LogP) is 1.27. The number of anilines is 1. The Morgan fingerprint density at radius 1 is 1.29 bits per heavy atom. The Balaban J connectivity index is 1.62. The van der Waals surface area contributed by atoms with Crippen LogP contribution in [0.1, 0.15) is 50.2 Å². The van der Waals surface area contributed by atoms with E-state index in [0.29, 0.717) is 24.2 Å². The summed E-state index contributed by atoms with van der Waals surface area (Å²) in [7, 11) is 0. The molecule has 1 aromatic carbocycles. The molecule has 2 aromatic rings. The van der Waals surface area contributed by atoms with Gasteiger partial charge in [0, 0.05) is 18.5 Å². The fourth-order valence-corrected chi connectivity index (χ4v) is 3.22. The third-order valence-corrected chi connectivity index (χ3v) is 4.67. The molecule has 2 amide bonds. The zero-order valence-electron chi connectivity index (χ0n) is 17.7. The summed E-state index contributed by atoms with van der Waals surface area (Å²) in [4.78, 5) is 44.5. The molecule has 2 heterocycles. The van der Waals surface area contributed by atoms with Crippen molar-refractivity contribution >= 4 is 23.5 Å². The molecule has 1 unspecified atom stereocenters. The molecular weight excluding hydrogens is 400 g/mol. The summed E-state index contributed by atoms with van der Waals surface area (Å²) in [6.45, 7) is 5.49. The number of aliphatic imine (C=N–C) groups is 1. The third-order valence-electron chi connectivity index (χ3n) is 4.67. The van der Waals surface area contributed by atoms with Gasteiger partial charge in [-0.25, -0.2) is 9.78 Å². The van der Waals surface area contributed by atoms with Crippen molar-refractivity contribution in [3.05, 3.63) is 57.8 Å². The van der Waals surface area contributed by atoms with Gasteiger partial charge in [0.25, 0.3) is 5.56 Å². The largest absolute Gasteiger partial charge is 0.442 e. The Morgan fingerprint density at radius 3 is 2.61 bits per heavy atom. The molecule has 10 heteroatoms. The Morgan fingerprint density at radius 2 is 1.97 bits per heavy atom. The van der Waals surface area contributed by atoms with E-state index < -0.39 is 23.3 Å². The number of fused-ring (bicyclic) bond motifs is 1. The first-order valence-electron chi connectivity index (χ1n) is 9.85. The summed E-state index contributed by atoms with van der Waals surface area (Å²) in [5, 5.41) is 2.83. The number of aromatic nitrogens is 2. The van der Waals surface area contributed by atoms with Gasteiger partial charge < -0.3 is 21.5 Å². The number of carbonyl (C=O) groups is 2. The van der Waals surface area contributed by atoms with Crippen molar-refractivity contribution in [2.24, 2.45) is 10.7 Å². The molecular formula is C21H26N6O4. The lowest BCUT2D eigenvalue weighted by atomic mass is 10.1. The number of nitrogen functional groups attached to an aromatic ring is 1. The number of nitrogens with zero attached hydrogens (tertiary/aromatic N) is 3. The Kier molecular flexibility index (Phi) is 6.09. The lowest BCUT2D eigenvalue weighted by Crippen LogP contribution is -2.36. The number of nitrogens with one attached hydrogen (secondary N) is 1. The summed E-state index contributed by atoms with van der Waals surface area (Å²) in [5.41, 5.74) is 11.9. The van der Waals surface area contributed by atoms with Crippen LogP contribution in [0, 0.1) is 0 Å². The van der Waals surface area contributed by atoms with Crippen LogP contribution >= 0.6 is 0 Å². The van der Waals surface area contributed by atoms with Crippen LogP contribution in [-0.4, -0.2) is 33.0 Å². The minimum Gasteiger partial charge on any atom is -0.442 e. The summed E-state index contributed by atoms with van der Waals surface area (Å²) in [6.07, 6.45) is 1.60. The molecule has 0 bridgehead atoms. The fraction of sp³-hybridized carbons (Fsp3) is 0.381. The quantitative estimate of drug-likeness (QED) is 0.491. The highest BCUT2D eigenvalue weighted by Crippen LogP contribution is 2.22. The van der Waals surface area contributed by atoms with Gasteiger partial charge in [0.1, 0.15) is 29.0 Å². The topological polar surface area (TPSA) is 155 Å². The molecule has 0 saturated heterocycles. The predicted molar refractivity (Wildman–Crippen MR) is 116 cm³/mol. The van der Waals surface area contributed by atoms with E-state index in [1.54, 1.807) is 45.0 Å². The number of benzene rings is 1. The first kappa shape index (κ1) is 22.0. The summed E-state index contributed by atoms with van der Waals surface area (Å²) >= 11 is 0. The van der Waals surface area contributed by atoms with Crippen LogP contribution in [0.25, 0.3) is 0 Å². The molecule has 5 N–H and O–H groups in total. The van der Waals surface area contributed by atoms with Gasteiger partial charge in [0.05, 0.1) is 6.20 Å². The fourth-order valence-electron chi connectivity index (χ4n) is 3.22. The number of aryl methyl sites for hydroxylation is 1. The van der Waals surface area contributed by atoms with Gasteiger partial charge in [-0.05, 0) is 32.8 Å². The number of hydrogen-bond acceptors (Lipinski definition) is 6. The van der Waals surface area contributed by atoms with Crippen LogP contribution in [0.2, 0.25) is 0 Å². The Labute approximate surface area is 179 Å². The molecule has 3 rings (SSSR count). The van der Waals surface area contributed by atoms with Gasteiger partial charge in [0.2, 0.25) is 5.91 Å². The number of nitrogens with two attached hydrogens (primary N) is 2. The molecule has 31 heavy (non-hydrogen) atoms. The second kappa shape index (κ2) is 8.58. The standard InChI is InChI=1S/C21H26N6O4/c1-21(2,3)31-20(30)26-17(23)13-6-4-12(5-7-13)10-25-18(28)15-8-9-16-24-11-14(22)19(29)27(15)16/h4-7,11,15H,8-10,22H2,1-3H3,(H,25,28)(H2,23,26,30). The van der Waals surface area contributed by atoms with Crippen LogP contribution < -0.4 is 22.3 Å². The molecule has 0 spiro atoms. The van der Waals surface area contributed by atoms with E-state index in [1.165, 1.54) is 10.8 Å². The summed E-state index contributed by atoms with van der Waals surface area (Å²) < 4.78 is 6.48. The zero-order valence-corrected chi connectivity index (χ0v) is 17.7. The summed E-state index contributed by atoms with van der Waals surface area (Å²) in [6, 6.07) is 6.30. The van der Waals surface area contributed by atoms with Crippen molar-refractivity contribution in [2.75, 3.05) is 5.73 Å². The van der Waals surface area contributed by atoms with E-state index >= 15 is 0 Å². The third kappa shape index (κ3) is 5.27. The minimum absolute atomic E-state index is 0.0182. The van der Waals surface area contributed by atoms with E-state index in [-0.39, 0.29) is 24.0 Å². The molecule has 1 aliphatic rings. The van der Waals surface area contributed by atoms with Crippen LogP contribution in [0.3, 0.4) is 0 Å². The smallest absolute Gasteiger partial charge is 0.436 e. The number of amides is 2. The second-order valence-electron chi connectivity index (χ2n) is 8.25. The number of rotatable bonds is 4. The van der Waals surface area contributed by atoms with Crippen molar-refractivity contribution in [3.63, 3.8) is 0 Å². The normalized spacial score (nSPS) is 16.0. The van der Waals surface area contributed by atoms with Crippen LogP contribution in [-0.2, 0) is 22.5 Å².